The van der Waals surface area contributed by atoms with Crippen LogP contribution in [-0.4, -0.2) is 29.0 Å². The van der Waals surface area contributed by atoms with E-state index in [1.54, 1.807) is 24.3 Å². The predicted octanol–water partition coefficient (Wildman–Crippen LogP) is 3.14. The zero-order chi connectivity index (χ0) is 16.9. The van der Waals surface area contributed by atoms with Gasteiger partial charge in [0, 0.05) is 18.7 Å². The van der Waals surface area contributed by atoms with Crippen molar-refractivity contribution >= 4 is 5.91 Å². The lowest BCUT2D eigenvalue weighted by molar-refractivity contribution is 0.0462. The van der Waals surface area contributed by atoms with Crippen molar-refractivity contribution in [2.45, 2.75) is 18.9 Å². The molecule has 4 nitrogen and oxygen atoms in total. The average Bonchev–Trinajstić information content (AvgIpc) is 2.68. The summed E-state index contributed by atoms with van der Waals surface area (Å²) in [4.78, 5) is 14.4. The van der Waals surface area contributed by atoms with Gasteiger partial charge in [-0.2, -0.15) is 5.26 Å². The number of piperidine rings is 1. The lowest BCUT2D eigenvalue weighted by atomic mass is 9.87. The van der Waals surface area contributed by atoms with Crippen LogP contribution in [0.5, 0.6) is 0 Å². The standard InChI is InChI=1S/C20H20N2O2/c21-14-15-6-8-18(9-7-15)20(24)22-12-10-17(11-13-22)19(23)16-4-2-1-3-5-16/h1-9,17,19,23H,10-13H2. The molecule has 122 valence electrons. The summed E-state index contributed by atoms with van der Waals surface area (Å²) in [5.41, 5.74) is 2.10. The molecule has 1 saturated heterocycles. The summed E-state index contributed by atoms with van der Waals surface area (Å²) in [7, 11) is 0. The van der Waals surface area contributed by atoms with Crippen LogP contribution in [0, 0.1) is 17.2 Å². The van der Waals surface area contributed by atoms with Gasteiger partial charge < -0.3 is 10.0 Å². The molecule has 2 aromatic rings. The number of aliphatic hydroxyl groups excluding tert-OH is 1. The highest BCUT2D eigenvalue weighted by Gasteiger charge is 2.28. The average molecular weight is 320 g/mol. The highest BCUT2D eigenvalue weighted by Crippen LogP contribution is 2.31. The van der Waals surface area contributed by atoms with Gasteiger partial charge >= 0.3 is 0 Å². The maximum atomic E-state index is 12.5. The van der Waals surface area contributed by atoms with Gasteiger partial charge in [-0.3, -0.25) is 4.79 Å². The molecule has 4 heteroatoms. The van der Waals surface area contributed by atoms with Crippen molar-refractivity contribution in [2.75, 3.05) is 13.1 Å². The molecule has 0 saturated carbocycles. The molecular weight excluding hydrogens is 300 g/mol. The maximum absolute atomic E-state index is 12.5. The zero-order valence-corrected chi connectivity index (χ0v) is 13.4. The Morgan fingerprint density at radius 3 is 2.29 bits per heavy atom. The number of hydrogen-bond donors (Lipinski definition) is 1. The summed E-state index contributed by atoms with van der Waals surface area (Å²) >= 11 is 0. The van der Waals surface area contributed by atoms with Crippen LogP contribution >= 0.6 is 0 Å². The van der Waals surface area contributed by atoms with Crippen molar-refractivity contribution in [2.24, 2.45) is 5.92 Å². The molecule has 1 aliphatic rings. The Morgan fingerprint density at radius 1 is 1.08 bits per heavy atom. The first-order valence-electron chi connectivity index (χ1n) is 8.21. The monoisotopic (exact) mass is 320 g/mol. The van der Waals surface area contributed by atoms with Crippen molar-refractivity contribution in [3.05, 3.63) is 71.3 Å². The third-order valence-electron chi connectivity index (χ3n) is 4.68. The molecule has 1 amide bonds. The second kappa shape index (κ2) is 7.29. The number of hydrogen-bond acceptors (Lipinski definition) is 3. The van der Waals surface area contributed by atoms with Crippen LogP contribution in [0.3, 0.4) is 0 Å². The molecule has 3 rings (SSSR count). The Bertz CT molecular complexity index is 726. The number of likely N-dealkylation sites (tertiary alicyclic amines) is 1. The van der Waals surface area contributed by atoms with Crippen molar-refractivity contribution in [3.8, 4) is 6.07 Å². The summed E-state index contributed by atoms with van der Waals surface area (Å²) in [5, 5.41) is 19.3. The van der Waals surface area contributed by atoms with Crippen LogP contribution in [0.15, 0.2) is 54.6 Å². The van der Waals surface area contributed by atoms with Gasteiger partial charge in [-0.1, -0.05) is 30.3 Å². The highest BCUT2D eigenvalue weighted by atomic mass is 16.3. The Labute approximate surface area is 142 Å². The number of carbonyl (C=O) groups excluding carboxylic acids is 1. The van der Waals surface area contributed by atoms with Crippen molar-refractivity contribution in [1.82, 2.24) is 4.90 Å². The van der Waals surface area contributed by atoms with Gasteiger partial charge in [-0.15, -0.1) is 0 Å². The SMILES string of the molecule is N#Cc1ccc(C(=O)N2CCC(C(O)c3ccccc3)CC2)cc1. The molecule has 0 radical (unpaired) electrons. The number of nitrogens with zero attached hydrogens (tertiary/aromatic N) is 2. The first-order chi connectivity index (χ1) is 11.7. The van der Waals surface area contributed by atoms with Gasteiger partial charge in [-0.05, 0) is 48.6 Å². The van der Waals surface area contributed by atoms with Gasteiger partial charge in [0.25, 0.3) is 5.91 Å². The van der Waals surface area contributed by atoms with E-state index in [2.05, 4.69) is 6.07 Å². The minimum Gasteiger partial charge on any atom is -0.388 e. The fraction of sp³-hybridized carbons (Fsp3) is 0.300. The highest BCUT2D eigenvalue weighted by molar-refractivity contribution is 5.94. The second-order valence-electron chi connectivity index (χ2n) is 6.17. The number of nitriles is 1. The molecule has 24 heavy (non-hydrogen) atoms. The van der Waals surface area contributed by atoms with Crippen molar-refractivity contribution < 1.29 is 9.90 Å². The van der Waals surface area contributed by atoms with Gasteiger partial charge in [0.1, 0.15) is 0 Å². The molecule has 0 bridgehead atoms. The lowest BCUT2D eigenvalue weighted by Gasteiger charge is -2.34. The van der Waals surface area contributed by atoms with E-state index in [-0.39, 0.29) is 11.8 Å². The van der Waals surface area contributed by atoms with Gasteiger partial charge in [-0.25, -0.2) is 0 Å². The van der Waals surface area contributed by atoms with Crippen LogP contribution in [0.1, 0.15) is 40.4 Å². The smallest absolute Gasteiger partial charge is 0.253 e. The summed E-state index contributed by atoms with van der Waals surface area (Å²) in [6, 6.07) is 18.5. The normalized spacial score (nSPS) is 16.4. The van der Waals surface area contributed by atoms with Crippen LogP contribution in [-0.2, 0) is 0 Å². The fourth-order valence-electron chi connectivity index (χ4n) is 3.21. The van der Waals surface area contributed by atoms with E-state index in [0.29, 0.717) is 24.2 Å². The Balaban J connectivity index is 1.60. The summed E-state index contributed by atoms with van der Waals surface area (Å²) in [5.74, 6) is 0.171. The first kappa shape index (κ1) is 16.2. The van der Waals surface area contributed by atoms with Crippen LogP contribution in [0.4, 0.5) is 0 Å². The van der Waals surface area contributed by atoms with Crippen LogP contribution < -0.4 is 0 Å². The molecule has 0 aliphatic carbocycles. The molecule has 1 unspecified atom stereocenters. The summed E-state index contributed by atoms with van der Waals surface area (Å²) in [6.45, 7) is 1.29. The van der Waals surface area contributed by atoms with E-state index in [1.165, 1.54) is 0 Å². The molecule has 1 aliphatic heterocycles. The van der Waals surface area contributed by atoms with E-state index in [1.807, 2.05) is 35.2 Å². The first-order valence-corrected chi connectivity index (χ1v) is 8.21. The molecule has 1 atom stereocenters. The summed E-state index contributed by atoms with van der Waals surface area (Å²) in [6.07, 6.45) is 1.11. The van der Waals surface area contributed by atoms with Gasteiger partial charge in [0.05, 0.1) is 17.7 Å². The van der Waals surface area contributed by atoms with E-state index < -0.39 is 6.10 Å². The molecule has 1 fully saturated rings. The second-order valence-corrected chi connectivity index (χ2v) is 6.17. The number of rotatable bonds is 3. The minimum absolute atomic E-state index is 0.00728. The number of benzene rings is 2. The number of carbonyl (C=O) groups is 1. The molecule has 1 heterocycles. The molecule has 1 N–H and O–H groups in total. The molecule has 0 aromatic heterocycles. The molecule has 2 aromatic carbocycles. The third-order valence-corrected chi connectivity index (χ3v) is 4.68. The number of aliphatic hydroxyl groups is 1. The fourth-order valence-corrected chi connectivity index (χ4v) is 3.21. The Morgan fingerprint density at radius 2 is 1.71 bits per heavy atom. The maximum Gasteiger partial charge on any atom is 0.253 e. The van der Waals surface area contributed by atoms with Crippen LogP contribution in [0.2, 0.25) is 0 Å². The molecule has 0 spiro atoms. The third kappa shape index (κ3) is 3.47. The van der Waals surface area contributed by atoms with E-state index >= 15 is 0 Å². The minimum atomic E-state index is -0.474. The van der Waals surface area contributed by atoms with Crippen molar-refractivity contribution in [3.63, 3.8) is 0 Å². The largest absolute Gasteiger partial charge is 0.388 e. The Hall–Kier alpha value is -2.64. The summed E-state index contributed by atoms with van der Waals surface area (Å²) < 4.78 is 0. The quantitative estimate of drug-likeness (QED) is 0.945. The molecular formula is C20H20N2O2. The predicted molar refractivity (Wildman–Crippen MR) is 91.2 cm³/mol. The lowest BCUT2D eigenvalue weighted by Crippen LogP contribution is -2.39. The number of amides is 1. The zero-order valence-electron chi connectivity index (χ0n) is 13.4. The Kier molecular flexibility index (Phi) is 4.93. The van der Waals surface area contributed by atoms with E-state index in [9.17, 15) is 9.90 Å². The van der Waals surface area contributed by atoms with Crippen LogP contribution in [0.25, 0.3) is 0 Å². The van der Waals surface area contributed by atoms with Crippen molar-refractivity contribution in [1.29, 1.82) is 5.26 Å². The van der Waals surface area contributed by atoms with E-state index in [0.717, 1.165) is 18.4 Å². The topological polar surface area (TPSA) is 64.3 Å². The van der Waals surface area contributed by atoms with Gasteiger partial charge in [0.2, 0.25) is 0 Å². The van der Waals surface area contributed by atoms with E-state index in [4.69, 9.17) is 5.26 Å². The van der Waals surface area contributed by atoms with Gasteiger partial charge in [0.15, 0.2) is 0 Å².